The van der Waals surface area contributed by atoms with Crippen LogP contribution >= 0.6 is 0 Å². The molecule has 2 atom stereocenters. The molecule has 2 aliphatic rings. The Morgan fingerprint density at radius 3 is 2.62 bits per heavy atom. The molecule has 0 aliphatic heterocycles. The summed E-state index contributed by atoms with van der Waals surface area (Å²) in [5, 5.41) is 0. The van der Waals surface area contributed by atoms with Crippen molar-refractivity contribution in [3.8, 4) is 0 Å². The second kappa shape index (κ2) is 3.81. The number of ketones is 1. The Bertz CT molecular complexity index is 193. The highest BCUT2D eigenvalue weighted by Gasteiger charge is 2.36. The van der Waals surface area contributed by atoms with Gasteiger partial charge in [0, 0.05) is 12.8 Å². The van der Waals surface area contributed by atoms with Gasteiger partial charge in [0.25, 0.3) is 0 Å². The van der Waals surface area contributed by atoms with E-state index in [0.717, 1.165) is 30.6 Å². The molecule has 2 rings (SSSR count). The van der Waals surface area contributed by atoms with Crippen LogP contribution in [0.1, 0.15) is 51.9 Å². The predicted molar refractivity (Wildman–Crippen MR) is 53.5 cm³/mol. The maximum Gasteiger partial charge on any atom is 0.133 e. The third-order valence-corrected chi connectivity index (χ3v) is 4.14. The number of rotatable bonds is 2. The monoisotopic (exact) mass is 180 g/mol. The van der Waals surface area contributed by atoms with Crippen molar-refractivity contribution >= 4 is 5.78 Å². The molecule has 0 amide bonds. The number of carbonyl (C=O) groups is 1. The Morgan fingerprint density at radius 2 is 2.08 bits per heavy atom. The van der Waals surface area contributed by atoms with E-state index in [1.165, 1.54) is 32.1 Å². The van der Waals surface area contributed by atoms with Crippen LogP contribution in [0, 0.1) is 17.8 Å². The summed E-state index contributed by atoms with van der Waals surface area (Å²) in [5.74, 6) is 3.07. The van der Waals surface area contributed by atoms with Crippen molar-refractivity contribution in [3.63, 3.8) is 0 Å². The molecule has 0 radical (unpaired) electrons. The van der Waals surface area contributed by atoms with Gasteiger partial charge in [-0.15, -0.1) is 0 Å². The smallest absolute Gasteiger partial charge is 0.133 e. The Hall–Kier alpha value is -0.330. The van der Waals surface area contributed by atoms with Crippen LogP contribution in [0.3, 0.4) is 0 Å². The minimum atomic E-state index is 0.529. The van der Waals surface area contributed by atoms with E-state index in [2.05, 4.69) is 6.92 Å². The quantitative estimate of drug-likeness (QED) is 0.638. The molecule has 0 spiro atoms. The van der Waals surface area contributed by atoms with Gasteiger partial charge in [-0.1, -0.05) is 32.6 Å². The van der Waals surface area contributed by atoms with Crippen molar-refractivity contribution in [2.75, 3.05) is 0 Å². The van der Waals surface area contributed by atoms with Crippen molar-refractivity contribution in [1.29, 1.82) is 0 Å². The molecule has 74 valence electrons. The highest BCUT2D eigenvalue weighted by molar-refractivity contribution is 5.79. The van der Waals surface area contributed by atoms with Crippen LogP contribution in [-0.4, -0.2) is 5.78 Å². The van der Waals surface area contributed by atoms with Gasteiger partial charge in [-0.3, -0.25) is 4.79 Å². The van der Waals surface area contributed by atoms with Crippen LogP contribution in [-0.2, 0) is 4.79 Å². The van der Waals surface area contributed by atoms with E-state index >= 15 is 0 Å². The van der Waals surface area contributed by atoms with Crippen molar-refractivity contribution in [1.82, 2.24) is 0 Å². The molecule has 0 aromatic carbocycles. The fourth-order valence-electron chi connectivity index (χ4n) is 3.02. The molecule has 2 saturated carbocycles. The maximum atomic E-state index is 11.4. The molecule has 0 aromatic heterocycles. The van der Waals surface area contributed by atoms with Gasteiger partial charge in [0.15, 0.2) is 0 Å². The van der Waals surface area contributed by atoms with E-state index in [4.69, 9.17) is 0 Å². The average Bonchev–Trinajstić information content (AvgIpc) is 2.02. The standard InChI is InChI=1S/C12H20O/c1-2-9-6-7-11(13)8-12(9)10-4-3-5-10/h9-10,12H,2-8H2,1H3. The number of carbonyl (C=O) groups excluding carboxylic acids is 1. The molecule has 0 saturated heterocycles. The van der Waals surface area contributed by atoms with Crippen LogP contribution in [0.4, 0.5) is 0 Å². The molecule has 0 N–H and O–H groups in total. The predicted octanol–water partition coefficient (Wildman–Crippen LogP) is 3.18. The molecular weight excluding hydrogens is 160 g/mol. The largest absolute Gasteiger partial charge is 0.300 e. The molecule has 0 bridgehead atoms. The SMILES string of the molecule is CCC1CCC(=O)CC1C1CCC1. The zero-order valence-corrected chi connectivity index (χ0v) is 8.59. The van der Waals surface area contributed by atoms with E-state index in [9.17, 15) is 4.79 Å². The molecule has 2 aliphatic carbocycles. The fourth-order valence-corrected chi connectivity index (χ4v) is 3.02. The molecule has 2 unspecified atom stereocenters. The van der Waals surface area contributed by atoms with Crippen molar-refractivity contribution in [2.24, 2.45) is 17.8 Å². The molecular formula is C12H20O. The van der Waals surface area contributed by atoms with Gasteiger partial charge in [0.1, 0.15) is 5.78 Å². The molecule has 1 heteroatoms. The summed E-state index contributed by atoms with van der Waals surface area (Å²) >= 11 is 0. The normalized spacial score (nSPS) is 35.9. The van der Waals surface area contributed by atoms with Crippen LogP contribution < -0.4 is 0 Å². The van der Waals surface area contributed by atoms with E-state index in [1.807, 2.05) is 0 Å². The van der Waals surface area contributed by atoms with E-state index in [-0.39, 0.29) is 0 Å². The van der Waals surface area contributed by atoms with Crippen LogP contribution in [0.2, 0.25) is 0 Å². The summed E-state index contributed by atoms with van der Waals surface area (Å²) in [6.07, 6.45) is 8.44. The van der Waals surface area contributed by atoms with Gasteiger partial charge in [0.05, 0.1) is 0 Å². The second-order valence-corrected chi connectivity index (χ2v) is 4.80. The van der Waals surface area contributed by atoms with Gasteiger partial charge in [-0.2, -0.15) is 0 Å². The lowest BCUT2D eigenvalue weighted by Gasteiger charge is -2.40. The lowest BCUT2D eigenvalue weighted by Crippen LogP contribution is -2.33. The summed E-state index contributed by atoms with van der Waals surface area (Å²) < 4.78 is 0. The first kappa shape index (κ1) is 9.23. The number of hydrogen-bond donors (Lipinski definition) is 0. The average molecular weight is 180 g/mol. The third kappa shape index (κ3) is 1.79. The fraction of sp³-hybridized carbons (Fsp3) is 0.917. The zero-order chi connectivity index (χ0) is 9.26. The van der Waals surface area contributed by atoms with Crippen LogP contribution in [0.5, 0.6) is 0 Å². The maximum absolute atomic E-state index is 11.4. The first-order valence-electron chi connectivity index (χ1n) is 5.83. The van der Waals surface area contributed by atoms with Crippen LogP contribution in [0.15, 0.2) is 0 Å². The first-order valence-corrected chi connectivity index (χ1v) is 5.83. The highest BCUT2D eigenvalue weighted by Crippen LogP contribution is 2.44. The highest BCUT2D eigenvalue weighted by atomic mass is 16.1. The van der Waals surface area contributed by atoms with Gasteiger partial charge < -0.3 is 0 Å². The van der Waals surface area contributed by atoms with Gasteiger partial charge in [0.2, 0.25) is 0 Å². The van der Waals surface area contributed by atoms with Crippen molar-refractivity contribution < 1.29 is 4.79 Å². The van der Waals surface area contributed by atoms with E-state index in [0.29, 0.717) is 5.78 Å². The number of hydrogen-bond acceptors (Lipinski definition) is 1. The Morgan fingerprint density at radius 1 is 1.31 bits per heavy atom. The molecule has 0 heterocycles. The van der Waals surface area contributed by atoms with Crippen molar-refractivity contribution in [3.05, 3.63) is 0 Å². The van der Waals surface area contributed by atoms with Crippen LogP contribution in [0.25, 0.3) is 0 Å². The molecule has 2 fully saturated rings. The minimum Gasteiger partial charge on any atom is -0.300 e. The molecule has 13 heavy (non-hydrogen) atoms. The first-order chi connectivity index (χ1) is 6.31. The minimum absolute atomic E-state index is 0.529. The topological polar surface area (TPSA) is 17.1 Å². The Kier molecular flexibility index (Phi) is 2.71. The lowest BCUT2D eigenvalue weighted by atomic mass is 9.64. The summed E-state index contributed by atoms with van der Waals surface area (Å²) in [6.45, 7) is 2.28. The van der Waals surface area contributed by atoms with E-state index < -0.39 is 0 Å². The van der Waals surface area contributed by atoms with Gasteiger partial charge in [-0.05, 0) is 24.2 Å². The summed E-state index contributed by atoms with van der Waals surface area (Å²) in [4.78, 5) is 11.4. The number of Topliss-reactive ketones (excluding diaryl/α,β-unsaturated/α-hetero) is 1. The van der Waals surface area contributed by atoms with E-state index in [1.54, 1.807) is 0 Å². The third-order valence-electron chi connectivity index (χ3n) is 4.14. The van der Waals surface area contributed by atoms with Crippen molar-refractivity contribution in [2.45, 2.75) is 51.9 Å². The molecule has 1 nitrogen and oxygen atoms in total. The summed E-state index contributed by atoms with van der Waals surface area (Å²) in [5.41, 5.74) is 0. The summed E-state index contributed by atoms with van der Waals surface area (Å²) in [7, 11) is 0. The Labute approximate surface area is 80.9 Å². The zero-order valence-electron chi connectivity index (χ0n) is 8.59. The molecule has 0 aromatic rings. The van der Waals surface area contributed by atoms with Gasteiger partial charge in [-0.25, -0.2) is 0 Å². The second-order valence-electron chi connectivity index (χ2n) is 4.80. The Balaban J connectivity index is 1.97. The lowest BCUT2D eigenvalue weighted by molar-refractivity contribution is -0.124. The van der Waals surface area contributed by atoms with Gasteiger partial charge >= 0.3 is 0 Å². The summed E-state index contributed by atoms with van der Waals surface area (Å²) in [6, 6.07) is 0.